The first-order valence-corrected chi connectivity index (χ1v) is 8.75. The summed E-state index contributed by atoms with van der Waals surface area (Å²) in [6, 6.07) is 8.99. The second-order valence-corrected chi connectivity index (χ2v) is 6.59. The number of halogens is 2. The summed E-state index contributed by atoms with van der Waals surface area (Å²) in [7, 11) is 1.45. The van der Waals surface area contributed by atoms with E-state index in [1.54, 1.807) is 19.1 Å². The van der Waals surface area contributed by atoms with Gasteiger partial charge in [-0.25, -0.2) is 23.7 Å². The highest BCUT2D eigenvalue weighted by atomic mass is 19.1. The Morgan fingerprint density at radius 3 is 2.39 bits per heavy atom. The molecule has 0 spiro atoms. The Bertz CT molecular complexity index is 974. The van der Waals surface area contributed by atoms with Crippen molar-refractivity contribution in [3.8, 4) is 17.4 Å². The third kappa shape index (κ3) is 4.70. The van der Waals surface area contributed by atoms with Gasteiger partial charge >= 0.3 is 0 Å². The highest BCUT2D eigenvalue weighted by molar-refractivity contribution is 5.64. The molecule has 0 saturated carbocycles. The Labute approximate surface area is 162 Å². The van der Waals surface area contributed by atoms with Crippen LogP contribution in [-0.4, -0.2) is 28.1 Å². The van der Waals surface area contributed by atoms with Gasteiger partial charge in [-0.05, 0) is 50.6 Å². The number of aromatic nitrogens is 3. The van der Waals surface area contributed by atoms with Crippen LogP contribution in [0.15, 0.2) is 36.4 Å². The summed E-state index contributed by atoms with van der Waals surface area (Å²) >= 11 is 0. The van der Waals surface area contributed by atoms with Gasteiger partial charge in [0.05, 0.1) is 7.11 Å². The number of ether oxygens (including phenoxy) is 1. The number of benzene rings is 1. The van der Waals surface area contributed by atoms with Crippen LogP contribution in [0.3, 0.4) is 0 Å². The summed E-state index contributed by atoms with van der Waals surface area (Å²) in [6.07, 6.45) is 0. The molecule has 3 rings (SSSR count). The van der Waals surface area contributed by atoms with Gasteiger partial charge in [0.2, 0.25) is 5.88 Å². The summed E-state index contributed by atoms with van der Waals surface area (Å²) in [6.45, 7) is 5.70. The lowest BCUT2D eigenvalue weighted by atomic mass is 10.2. The van der Waals surface area contributed by atoms with Gasteiger partial charge in [-0.3, -0.25) is 0 Å². The molecule has 2 aromatic heterocycles. The number of aryl methyl sites for hydroxylation is 1. The maximum Gasteiger partial charge on any atom is 0.213 e. The molecule has 146 valence electrons. The maximum atomic E-state index is 14.4. The number of rotatable bonds is 6. The smallest absolute Gasteiger partial charge is 0.213 e. The Balaban J connectivity index is 2.06. The van der Waals surface area contributed by atoms with E-state index in [4.69, 9.17) is 4.74 Å². The number of nitrogens with zero attached hydrogens (tertiary/aromatic N) is 3. The lowest BCUT2D eigenvalue weighted by Gasteiger charge is -2.14. The molecular formula is C20H21F2N5O. The van der Waals surface area contributed by atoms with Gasteiger partial charge < -0.3 is 15.4 Å². The van der Waals surface area contributed by atoms with E-state index in [1.807, 2.05) is 13.8 Å². The van der Waals surface area contributed by atoms with Crippen molar-refractivity contribution in [2.45, 2.75) is 26.8 Å². The van der Waals surface area contributed by atoms with Crippen LogP contribution in [0.4, 0.5) is 26.1 Å². The van der Waals surface area contributed by atoms with Crippen molar-refractivity contribution >= 4 is 17.3 Å². The van der Waals surface area contributed by atoms with Gasteiger partial charge in [-0.15, -0.1) is 0 Å². The first kappa shape index (κ1) is 19.5. The number of pyridine rings is 1. The Kier molecular flexibility index (Phi) is 5.67. The summed E-state index contributed by atoms with van der Waals surface area (Å²) in [5.74, 6) is 0.254. The van der Waals surface area contributed by atoms with Gasteiger partial charge in [-0.1, -0.05) is 0 Å². The third-order valence-corrected chi connectivity index (χ3v) is 3.72. The summed E-state index contributed by atoms with van der Waals surface area (Å²) in [5, 5.41) is 6.21. The number of anilines is 3. The average Bonchev–Trinajstić information content (AvgIpc) is 2.60. The predicted octanol–water partition coefficient (Wildman–Crippen LogP) is 4.70. The predicted molar refractivity (Wildman–Crippen MR) is 105 cm³/mol. The van der Waals surface area contributed by atoms with Gasteiger partial charge in [0, 0.05) is 23.9 Å². The highest BCUT2D eigenvalue weighted by Gasteiger charge is 2.15. The topological polar surface area (TPSA) is 72.0 Å². The van der Waals surface area contributed by atoms with Crippen LogP contribution in [0.2, 0.25) is 0 Å². The van der Waals surface area contributed by atoms with Crippen molar-refractivity contribution in [2.75, 3.05) is 17.7 Å². The molecular weight excluding hydrogens is 364 g/mol. The molecule has 0 aliphatic heterocycles. The van der Waals surface area contributed by atoms with E-state index in [9.17, 15) is 8.78 Å². The SMILES string of the molecule is COc1ccc(F)c(-c2nc(Nc3cc(C)cc(F)c3)cc(NC(C)C)n2)n1. The molecule has 1 aromatic carbocycles. The molecule has 0 aliphatic carbocycles. The fourth-order valence-corrected chi connectivity index (χ4v) is 2.64. The zero-order valence-electron chi connectivity index (χ0n) is 16.0. The van der Waals surface area contributed by atoms with Crippen LogP contribution < -0.4 is 15.4 Å². The molecule has 0 aliphatic rings. The minimum Gasteiger partial charge on any atom is -0.481 e. The largest absolute Gasteiger partial charge is 0.481 e. The third-order valence-electron chi connectivity index (χ3n) is 3.72. The fraction of sp³-hybridized carbons (Fsp3) is 0.250. The first-order chi connectivity index (χ1) is 13.3. The summed E-state index contributed by atoms with van der Waals surface area (Å²) < 4.78 is 33.1. The van der Waals surface area contributed by atoms with E-state index in [2.05, 4.69) is 25.6 Å². The highest BCUT2D eigenvalue weighted by Crippen LogP contribution is 2.26. The van der Waals surface area contributed by atoms with Crippen molar-refractivity contribution in [3.63, 3.8) is 0 Å². The maximum absolute atomic E-state index is 14.4. The van der Waals surface area contributed by atoms with Gasteiger partial charge in [0.1, 0.15) is 23.1 Å². The van der Waals surface area contributed by atoms with E-state index in [1.165, 1.54) is 31.4 Å². The minimum absolute atomic E-state index is 0.0368. The zero-order chi connectivity index (χ0) is 20.3. The molecule has 0 saturated heterocycles. The van der Waals surface area contributed by atoms with Crippen LogP contribution in [0.5, 0.6) is 5.88 Å². The monoisotopic (exact) mass is 385 g/mol. The fourth-order valence-electron chi connectivity index (χ4n) is 2.64. The summed E-state index contributed by atoms with van der Waals surface area (Å²) in [5.41, 5.74) is 1.25. The van der Waals surface area contributed by atoms with Crippen molar-refractivity contribution in [3.05, 3.63) is 53.6 Å². The van der Waals surface area contributed by atoms with Crippen LogP contribution >= 0.6 is 0 Å². The number of hydrogen-bond acceptors (Lipinski definition) is 6. The molecule has 0 atom stereocenters. The van der Waals surface area contributed by atoms with Gasteiger partial charge in [-0.2, -0.15) is 0 Å². The molecule has 0 fully saturated rings. The molecule has 28 heavy (non-hydrogen) atoms. The second kappa shape index (κ2) is 8.16. The van der Waals surface area contributed by atoms with E-state index < -0.39 is 5.82 Å². The Morgan fingerprint density at radius 1 is 0.964 bits per heavy atom. The summed E-state index contributed by atoms with van der Waals surface area (Å²) in [4.78, 5) is 12.8. The Hall–Kier alpha value is -3.29. The van der Waals surface area contributed by atoms with E-state index >= 15 is 0 Å². The first-order valence-electron chi connectivity index (χ1n) is 8.75. The van der Waals surface area contributed by atoms with Crippen molar-refractivity contribution in [1.29, 1.82) is 0 Å². The molecule has 8 heteroatoms. The lowest BCUT2D eigenvalue weighted by Crippen LogP contribution is -2.12. The number of nitrogens with one attached hydrogen (secondary N) is 2. The van der Waals surface area contributed by atoms with E-state index in [0.717, 1.165) is 5.56 Å². The lowest BCUT2D eigenvalue weighted by molar-refractivity contribution is 0.396. The zero-order valence-corrected chi connectivity index (χ0v) is 16.0. The van der Waals surface area contributed by atoms with Crippen LogP contribution in [-0.2, 0) is 0 Å². The Morgan fingerprint density at radius 2 is 1.71 bits per heavy atom. The average molecular weight is 385 g/mol. The molecule has 6 nitrogen and oxygen atoms in total. The normalized spacial score (nSPS) is 10.8. The van der Waals surface area contributed by atoms with Gasteiger partial charge in [0.15, 0.2) is 11.6 Å². The van der Waals surface area contributed by atoms with E-state index in [0.29, 0.717) is 17.3 Å². The van der Waals surface area contributed by atoms with Crippen LogP contribution in [0.1, 0.15) is 19.4 Å². The molecule has 2 heterocycles. The molecule has 3 aromatic rings. The quantitative estimate of drug-likeness (QED) is 0.641. The van der Waals surface area contributed by atoms with Crippen molar-refractivity contribution in [1.82, 2.24) is 15.0 Å². The van der Waals surface area contributed by atoms with Crippen LogP contribution in [0, 0.1) is 18.6 Å². The van der Waals surface area contributed by atoms with Crippen molar-refractivity contribution < 1.29 is 13.5 Å². The number of hydrogen-bond donors (Lipinski definition) is 2. The minimum atomic E-state index is -0.574. The standard InChI is InChI=1S/C20H21F2N5O/c1-11(2)23-16-10-17(24-14-8-12(3)7-13(21)9-14)26-20(25-16)19-15(22)5-6-18(27-19)28-4/h5-11H,1-4H3,(H2,23,24,25,26). The second-order valence-electron chi connectivity index (χ2n) is 6.59. The molecule has 2 N–H and O–H groups in total. The van der Waals surface area contributed by atoms with E-state index in [-0.39, 0.29) is 29.3 Å². The molecule has 0 unspecified atom stereocenters. The van der Waals surface area contributed by atoms with Gasteiger partial charge in [0.25, 0.3) is 0 Å². The number of methoxy groups -OCH3 is 1. The molecule has 0 bridgehead atoms. The molecule has 0 radical (unpaired) electrons. The van der Waals surface area contributed by atoms with Crippen molar-refractivity contribution in [2.24, 2.45) is 0 Å². The van der Waals surface area contributed by atoms with Crippen LogP contribution in [0.25, 0.3) is 11.5 Å². The molecule has 0 amide bonds.